The average molecular weight is 447 g/mol. The maximum atomic E-state index is 12.9. The average Bonchev–Trinajstić information content (AvgIpc) is 2.80. The van der Waals surface area contributed by atoms with E-state index in [4.69, 9.17) is 9.47 Å². The maximum Gasteiger partial charge on any atom is 0.306 e. The molecule has 0 aliphatic heterocycles. The largest absolute Gasteiger partial charge is 0.805 e. The Hall–Kier alpha value is -2.90. The van der Waals surface area contributed by atoms with Crippen LogP contribution in [0.3, 0.4) is 0 Å². The number of carbonyl (C=O) groups excluding carboxylic acids is 2. The molecule has 0 N–H and O–H groups in total. The molecule has 176 valence electrons. The fourth-order valence-electron chi connectivity index (χ4n) is 3.45. The van der Waals surface area contributed by atoms with Crippen LogP contribution >= 0.6 is 0 Å². The van der Waals surface area contributed by atoms with Gasteiger partial charge in [0.15, 0.2) is 6.61 Å². The number of nitrogens with zero attached hydrogens (tertiary/aromatic N) is 2. The zero-order valence-corrected chi connectivity index (χ0v) is 19.1. The van der Waals surface area contributed by atoms with Gasteiger partial charge in [0, 0.05) is 23.8 Å². The first kappa shape index (κ1) is 25.4. The predicted molar refractivity (Wildman–Crippen MR) is 121 cm³/mol. The second kappa shape index (κ2) is 13.5. The summed E-state index contributed by atoms with van der Waals surface area (Å²) in [5.74, 6) is -0.851. The van der Waals surface area contributed by atoms with Gasteiger partial charge >= 0.3 is 11.9 Å². The van der Waals surface area contributed by atoms with E-state index in [0.717, 1.165) is 38.5 Å². The van der Waals surface area contributed by atoms with Crippen molar-refractivity contribution in [1.29, 1.82) is 0 Å². The second-order valence-electron chi connectivity index (χ2n) is 7.91. The third-order valence-electron chi connectivity index (χ3n) is 5.35. The van der Waals surface area contributed by atoms with Crippen molar-refractivity contribution in [2.24, 2.45) is 0 Å². The van der Waals surface area contributed by atoms with Gasteiger partial charge in [-0.25, -0.2) is 0 Å². The second-order valence-corrected chi connectivity index (χ2v) is 7.91. The Morgan fingerprint density at radius 1 is 0.875 bits per heavy atom. The lowest BCUT2D eigenvalue weighted by molar-refractivity contribution is -0.479. The Labute approximate surface area is 188 Å². The lowest BCUT2D eigenvalue weighted by Crippen LogP contribution is -2.30. The molecule has 2 aromatic rings. The lowest BCUT2D eigenvalue weighted by atomic mass is 10.1. The van der Waals surface area contributed by atoms with E-state index in [1.807, 2.05) is 0 Å². The first-order valence-corrected chi connectivity index (χ1v) is 11.6. The maximum absolute atomic E-state index is 12.9. The highest BCUT2D eigenvalue weighted by Crippen LogP contribution is 2.17. The van der Waals surface area contributed by atoms with E-state index in [1.54, 1.807) is 12.1 Å². The molecule has 8 nitrogen and oxygen atoms in total. The topological polar surface area (TPSA) is 104 Å². The van der Waals surface area contributed by atoms with E-state index in [9.17, 15) is 19.7 Å². The summed E-state index contributed by atoms with van der Waals surface area (Å²) in [6.07, 6.45) is 8.02. The van der Waals surface area contributed by atoms with Crippen molar-refractivity contribution in [3.63, 3.8) is 0 Å². The van der Waals surface area contributed by atoms with Gasteiger partial charge in [0.1, 0.15) is 17.8 Å². The number of para-hydroxylation sites is 2. The Morgan fingerprint density at radius 3 is 2.03 bits per heavy atom. The molecule has 1 heterocycles. The summed E-state index contributed by atoms with van der Waals surface area (Å²) >= 11 is 0. The van der Waals surface area contributed by atoms with E-state index < -0.39 is 11.9 Å². The summed E-state index contributed by atoms with van der Waals surface area (Å²) < 4.78 is 11.7. The number of hydrogen-bond donors (Lipinski definition) is 0. The molecule has 1 aromatic carbocycles. The van der Waals surface area contributed by atoms with Crippen molar-refractivity contribution in [2.45, 2.75) is 91.3 Å². The van der Waals surface area contributed by atoms with Crippen LogP contribution in [0.25, 0.3) is 11.0 Å². The third-order valence-corrected chi connectivity index (χ3v) is 5.35. The number of benzene rings is 1. The van der Waals surface area contributed by atoms with Crippen LogP contribution in [0.4, 0.5) is 0 Å². The molecule has 0 fully saturated rings. The standard InChI is InChI=1S/C24H34N2O6/c1-3-5-7-9-15-23(27)31-17-21-22(18-32-24(28)16-10-8-6-4-2)26(30)20-14-12-11-13-19(20)25(21)29/h11-14H,3-10,15-18H2,1-2H3. The smallest absolute Gasteiger partial charge is 0.306 e. The van der Waals surface area contributed by atoms with Crippen LogP contribution < -0.4 is 4.43 Å². The number of esters is 2. The van der Waals surface area contributed by atoms with Crippen LogP contribution in [0.5, 0.6) is 0 Å². The molecule has 0 aliphatic carbocycles. The zero-order valence-electron chi connectivity index (χ0n) is 19.1. The molecule has 0 saturated heterocycles. The summed E-state index contributed by atoms with van der Waals surface area (Å²) in [6.45, 7) is 3.46. The normalized spacial score (nSPS) is 10.9. The number of ether oxygens (including phenoxy) is 2. The molecule has 0 saturated carbocycles. The Kier molecular flexibility index (Phi) is 10.7. The van der Waals surface area contributed by atoms with Crippen LogP contribution in [0.15, 0.2) is 24.3 Å². The van der Waals surface area contributed by atoms with Gasteiger partial charge in [0.2, 0.25) is 0 Å². The molecule has 0 unspecified atom stereocenters. The highest BCUT2D eigenvalue weighted by atomic mass is 16.5. The number of unbranched alkanes of at least 4 members (excludes halogenated alkanes) is 6. The first-order valence-electron chi connectivity index (χ1n) is 11.6. The number of rotatable bonds is 14. The van der Waals surface area contributed by atoms with Crippen LogP contribution in [0.2, 0.25) is 0 Å². The molecule has 8 heteroatoms. The van der Waals surface area contributed by atoms with Crippen molar-refractivity contribution in [3.05, 3.63) is 45.8 Å². The van der Waals surface area contributed by atoms with Gasteiger partial charge in [-0.15, -0.1) is 0 Å². The SMILES string of the molecule is CCCCCCC(=O)OCc1c(COC(=O)CCCCCC)[n+](=O)c2ccccc2n1[O-]. The number of aromatic nitrogens is 2. The van der Waals surface area contributed by atoms with Crippen molar-refractivity contribution in [3.8, 4) is 0 Å². The van der Waals surface area contributed by atoms with Crippen LogP contribution in [-0.2, 0) is 32.3 Å². The highest BCUT2D eigenvalue weighted by Gasteiger charge is 2.24. The molecule has 1 aromatic heterocycles. The lowest BCUT2D eigenvalue weighted by Gasteiger charge is -2.19. The fourth-order valence-corrected chi connectivity index (χ4v) is 3.45. The predicted octanol–water partition coefficient (Wildman–Crippen LogP) is 4.93. The van der Waals surface area contributed by atoms with Crippen molar-refractivity contribution in [1.82, 2.24) is 4.73 Å². The monoisotopic (exact) mass is 446 g/mol. The van der Waals surface area contributed by atoms with Crippen molar-refractivity contribution in [2.75, 3.05) is 0 Å². The van der Waals surface area contributed by atoms with Crippen molar-refractivity contribution < 1.29 is 23.5 Å². The van der Waals surface area contributed by atoms with Gasteiger partial charge in [-0.05, 0) is 18.9 Å². The van der Waals surface area contributed by atoms with Crippen LogP contribution in [0.1, 0.15) is 89.4 Å². The van der Waals surface area contributed by atoms with E-state index in [2.05, 4.69) is 13.8 Å². The molecule has 0 aliphatic rings. The van der Waals surface area contributed by atoms with Gasteiger partial charge in [-0.3, -0.25) is 9.59 Å². The first-order chi connectivity index (χ1) is 15.5. The Morgan fingerprint density at radius 2 is 1.44 bits per heavy atom. The molecular formula is C24H34N2O6. The van der Waals surface area contributed by atoms with Crippen LogP contribution in [-0.4, -0.2) is 16.7 Å². The Balaban J connectivity index is 2.15. The minimum atomic E-state index is -0.425. The van der Waals surface area contributed by atoms with E-state index in [1.165, 1.54) is 12.1 Å². The van der Waals surface area contributed by atoms with E-state index in [-0.39, 0.29) is 48.5 Å². The Bertz CT molecular complexity index is 953. The van der Waals surface area contributed by atoms with Gasteiger partial charge in [0.05, 0.1) is 4.43 Å². The van der Waals surface area contributed by atoms with Gasteiger partial charge < -0.3 is 19.4 Å². The highest BCUT2D eigenvalue weighted by molar-refractivity contribution is 5.73. The summed E-state index contributed by atoms with van der Waals surface area (Å²) in [4.78, 5) is 37.1. The molecule has 0 atom stereocenters. The van der Waals surface area contributed by atoms with Gasteiger partial charge in [-0.2, -0.15) is 0 Å². The van der Waals surface area contributed by atoms with Crippen molar-refractivity contribution >= 4 is 23.0 Å². The van der Waals surface area contributed by atoms with Crippen LogP contribution in [0, 0.1) is 10.1 Å². The molecule has 0 amide bonds. The minimum Gasteiger partial charge on any atom is -0.805 e. The third kappa shape index (κ3) is 7.35. The molecular weight excluding hydrogens is 412 g/mol. The summed E-state index contributed by atoms with van der Waals surface area (Å²) in [7, 11) is 0. The van der Waals surface area contributed by atoms with E-state index >= 15 is 0 Å². The van der Waals surface area contributed by atoms with E-state index in [0.29, 0.717) is 22.0 Å². The quantitative estimate of drug-likeness (QED) is 0.232. The molecule has 2 rings (SSSR count). The fraction of sp³-hybridized carbons (Fsp3) is 0.583. The zero-order chi connectivity index (χ0) is 23.3. The minimum absolute atomic E-state index is 0.0283. The number of carbonyl (C=O) groups is 2. The summed E-state index contributed by atoms with van der Waals surface area (Å²) in [5, 5.41) is 12.9. The molecule has 32 heavy (non-hydrogen) atoms. The molecule has 0 radical (unpaired) electrons. The van der Waals surface area contributed by atoms with Gasteiger partial charge in [0.25, 0.3) is 11.2 Å². The number of hydrogen-bond acceptors (Lipinski definition) is 6. The van der Waals surface area contributed by atoms with Gasteiger partial charge in [-0.1, -0.05) is 64.5 Å². The summed E-state index contributed by atoms with van der Waals surface area (Å²) in [6, 6.07) is 6.35. The molecule has 0 bridgehead atoms. The molecule has 0 spiro atoms. The number of fused-ring (bicyclic) bond motifs is 1. The summed E-state index contributed by atoms with van der Waals surface area (Å²) in [5.41, 5.74) is 0.260.